The van der Waals surface area contributed by atoms with E-state index in [1.807, 2.05) is 30.3 Å². The number of aromatic nitrogens is 3. The van der Waals surface area contributed by atoms with Crippen molar-refractivity contribution in [3.8, 4) is 5.75 Å². The molecule has 3 N–H and O–H groups in total. The summed E-state index contributed by atoms with van der Waals surface area (Å²) in [5, 5.41) is 10.5. The minimum absolute atomic E-state index is 0.0423. The van der Waals surface area contributed by atoms with E-state index in [0.717, 1.165) is 22.0 Å². The fraction of sp³-hybridized carbons (Fsp3) is 0.158. The van der Waals surface area contributed by atoms with E-state index < -0.39 is 5.56 Å². The van der Waals surface area contributed by atoms with E-state index in [2.05, 4.69) is 15.5 Å². The van der Waals surface area contributed by atoms with Gasteiger partial charge in [0.15, 0.2) is 0 Å². The molecule has 144 valence electrons. The highest BCUT2D eigenvalue weighted by Gasteiger charge is 2.10. The molecule has 0 spiro atoms. The van der Waals surface area contributed by atoms with Gasteiger partial charge in [-0.1, -0.05) is 42.1 Å². The van der Waals surface area contributed by atoms with E-state index in [4.69, 9.17) is 10.6 Å². The number of nitrogen functional groups attached to an aromatic ring is 1. The Kier molecular flexibility index (Phi) is 6.28. The zero-order chi connectivity index (χ0) is 19.9. The van der Waals surface area contributed by atoms with Crippen LogP contribution in [-0.4, -0.2) is 26.5 Å². The van der Waals surface area contributed by atoms with Crippen molar-refractivity contribution in [2.45, 2.75) is 18.7 Å². The van der Waals surface area contributed by atoms with Gasteiger partial charge in [-0.25, -0.2) is 0 Å². The van der Waals surface area contributed by atoms with Crippen LogP contribution in [0.2, 0.25) is 0 Å². The van der Waals surface area contributed by atoms with Gasteiger partial charge in [0.1, 0.15) is 18.1 Å². The number of nitrogens with one attached hydrogen (secondary N) is 1. The molecule has 0 saturated carbocycles. The Morgan fingerprint density at radius 1 is 1.14 bits per heavy atom. The number of amides is 1. The van der Waals surface area contributed by atoms with Crippen molar-refractivity contribution in [1.82, 2.24) is 14.9 Å². The first-order valence-electron chi connectivity index (χ1n) is 8.44. The van der Waals surface area contributed by atoms with Crippen LogP contribution in [0.25, 0.3) is 0 Å². The molecular weight excluding hydrogens is 378 g/mol. The average molecular weight is 397 g/mol. The summed E-state index contributed by atoms with van der Waals surface area (Å²) < 4.78 is 6.60. The first kappa shape index (κ1) is 19.4. The maximum atomic E-state index is 12.1. The minimum Gasteiger partial charge on any atom is -0.489 e. The van der Waals surface area contributed by atoms with Crippen molar-refractivity contribution in [3.63, 3.8) is 0 Å². The summed E-state index contributed by atoms with van der Waals surface area (Å²) in [6.45, 7) is 1.99. The molecule has 0 fully saturated rings. The van der Waals surface area contributed by atoms with Gasteiger partial charge in [0.2, 0.25) is 11.1 Å². The van der Waals surface area contributed by atoms with E-state index in [-0.39, 0.29) is 22.5 Å². The second-order valence-corrected chi connectivity index (χ2v) is 6.82. The molecule has 3 rings (SSSR count). The first-order chi connectivity index (χ1) is 13.5. The monoisotopic (exact) mass is 397 g/mol. The third-order valence-corrected chi connectivity index (χ3v) is 4.68. The van der Waals surface area contributed by atoms with E-state index in [9.17, 15) is 9.59 Å². The number of nitrogens with two attached hydrogens (primary N) is 1. The fourth-order valence-electron chi connectivity index (χ4n) is 2.27. The zero-order valence-corrected chi connectivity index (χ0v) is 16.0. The normalized spacial score (nSPS) is 10.5. The summed E-state index contributed by atoms with van der Waals surface area (Å²) in [6, 6.07) is 16.9. The number of carbonyl (C=O) groups is 1. The molecule has 0 aliphatic carbocycles. The summed E-state index contributed by atoms with van der Waals surface area (Å²) >= 11 is 1.03. The third-order valence-electron chi connectivity index (χ3n) is 3.74. The lowest BCUT2D eigenvalue weighted by Crippen LogP contribution is -2.32. The third kappa shape index (κ3) is 5.10. The number of benzene rings is 2. The van der Waals surface area contributed by atoms with Crippen molar-refractivity contribution >= 4 is 23.4 Å². The zero-order valence-electron chi connectivity index (χ0n) is 15.2. The predicted octanol–water partition coefficient (Wildman–Crippen LogP) is 1.97. The maximum Gasteiger partial charge on any atom is 0.294 e. The first-order valence-corrected chi connectivity index (χ1v) is 9.42. The lowest BCUT2D eigenvalue weighted by Gasteiger charge is -2.09. The number of hydrogen-bond acceptors (Lipinski definition) is 7. The number of ether oxygens (including phenoxy) is 1. The van der Waals surface area contributed by atoms with Crippen LogP contribution in [0.5, 0.6) is 5.75 Å². The number of rotatable bonds is 7. The van der Waals surface area contributed by atoms with Gasteiger partial charge in [-0.15, -0.1) is 10.2 Å². The Morgan fingerprint density at radius 2 is 1.86 bits per heavy atom. The van der Waals surface area contributed by atoms with Crippen molar-refractivity contribution in [3.05, 3.63) is 76.2 Å². The highest BCUT2D eigenvalue weighted by molar-refractivity contribution is 7.99. The Hall–Kier alpha value is -3.33. The average Bonchev–Trinajstić information content (AvgIpc) is 2.72. The molecule has 0 aliphatic heterocycles. The molecular formula is C19H19N5O3S. The van der Waals surface area contributed by atoms with Crippen LogP contribution in [0.15, 0.2) is 64.5 Å². The second kappa shape index (κ2) is 9.05. The largest absolute Gasteiger partial charge is 0.489 e. The van der Waals surface area contributed by atoms with Crippen LogP contribution in [0, 0.1) is 6.92 Å². The number of nitrogens with zero attached hydrogens (tertiary/aromatic N) is 3. The maximum absolute atomic E-state index is 12.1. The Morgan fingerprint density at radius 3 is 2.57 bits per heavy atom. The number of anilines is 1. The van der Waals surface area contributed by atoms with Gasteiger partial charge in [0.25, 0.3) is 5.56 Å². The van der Waals surface area contributed by atoms with E-state index >= 15 is 0 Å². The van der Waals surface area contributed by atoms with E-state index in [1.54, 1.807) is 24.3 Å². The fourth-order valence-corrected chi connectivity index (χ4v) is 2.92. The van der Waals surface area contributed by atoms with Crippen LogP contribution in [0.1, 0.15) is 11.3 Å². The second-order valence-electron chi connectivity index (χ2n) is 5.88. The molecule has 0 saturated heterocycles. The molecule has 0 atom stereocenters. The molecule has 0 aliphatic rings. The highest BCUT2D eigenvalue weighted by atomic mass is 32.2. The standard InChI is InChI=1S/C19H19N5O3S/c1-13-18(26)24(20)19(23-22-13)28-12-17(25)21-15-7-9-16(10-8-15)27-11-14-5-3-2-4-6-14/h2-10H,11-12,20H2,1H3,(H,21,25). The van der Waals surface area contributed by atoms with Crippen LogP contribution < -0.4 is 21.5 Å². The molecule has 1 heterocycles. The molecule has 1 amide bonds. The van der Waals surface area contributed by atoms with Crippen molar-refractivity contribution in [2.75, 3.05) is 16.9 Å². The number of aryl methyl sites for hydroxylation is 1. The predicted molar refractivity (Wildman–Crippen MR) is 108 cm³/mol. The van der Waals surface area contributed by atoms with Gasteiger partial charge >= 0.3 is 0 Å². The van der Waals surface area contributed by atoms with Gasteiger partial charge in [-0.3, -0.25) is 9.59 Å². The smallest absolute Gasteiger partial charge is 0.294 e. The minimum atomic E-state index is -0.441. The molecule has 0 bridgehead atoms. The molecule has 3 aromatic rings. The Bertz CT molecular complexity index is 1010. The quantitative estimate of drug-likeness (QED) is 0.463. The van der Waals surface area contributed by atoms with Crippen LogP contribution in [0.3, 0.4) is 0 Å². The Labute approximate surface area is 165 Å². The van der Waals surface area contributed by atoms with Crippen molar-refractivity contribution < 1.29 is 9.53 Å². The topological polar surface area (TPSA) is 112 Å². The van der Waals surface area contributed by atoms with Crippen molar-refractivity contribution in [1.29, 1.82) is 0 Å². The number of thioether (sulfide) groups is 1. The number of carbonyl (C=O) groups excluding carboxylic acids is 1. The van der Waals surface area contributed by atoms with Gasteiger partial charge in [0.05, 0.1) is 5.75 Å². The molecule has 0 unspecified atom stereocenters. The van der Waals surface area contributed by atoms with E-state index in [0.29, 0.717) is 18.0 Å². The summed E-state index contributed by atoms with van der Waals surface area (Å²) in [6.07, 6.45) is 0. The van der Waals surface area contributed by atoms with Gasteiger partial charge in [-0.2, -0.15) is 4.68 Å². The van der Waals surface area contributed by atoms with Crippen LogP contribution in [-0.2, 0) is 11.4 Å². The summed E-state index contributed by atoms with van der Waals surface area (Å²) in [7, 11) is 0. The van der Waals surface area contributed by atoms with Gasteiger partial charge in [-0.05, 0) is 36.8 Å². The SMILES string of the molecule is Cc1nnc(SCC(=O)Nc2ccc(OCc3ccccc3)cc2)n(N)c1=O. The molecule has 2 aromatic carbocycles. The van der Waals surface area contributed by atoms with Gasteiger partial charge in [0, 0.05) is 5.69 Å². The molecule has 8 nitrogen and oxygen atoms in total. The molecule has 28 heavy (non-hydrogen) atoms. The van der Waals surface area contributed by atoms with Crippen LogP contribution in [0.4, 0.5) is 5.69 Å². The van der Waals surface area contributed by atoms with Crippen LogP contribution >= 0.6 is 11.8 Å². The number of hydrogen-bond donors (Lipinski definition) is 2. The summed E-state index contributed by atoms with van der Waals surface area (Å²) in [5.74, 6) is 6.14. The molecule has 9 heteroatoms. The van der Waals surface area contributed by atoms with Crippen molar-refractivity contribution in [2.24, 2.45) is 0 Å². The molecule has 0 radical (unpaired) electrons. The lowest BCUT2D eigenvalue weighted by atomic mass is 10.2. The highest BCUT2D eigenvalue weighted by Crippen LogP contribution is 2.18. The van der Waals surface area contributed by atoms with E-state index in [1.165, 1.54) is 6.92 Å². The lowest BCUT2D eigenvalue weighted by molar-refractivity contribution is -0.113. The Balaban J connectivity index is 1.50. The summed E-state index contributed by atoms with van der Waals surface area (Å²) in [4.78, 5) is 23.8. The summed E-state index contributed by atoms with van der Waals surface area (Å²) in [5.41, 5.74) is 1.47. The van der Waals surface area contributed by atoms with Gasteiger partial charge < -0.3 is 15.9 Å². The molecule has 1 aromatic heterocycles.